The van der Waals surface area contributed by atoms with Gasteiger partial charge in [-0.1, -0.05) is 11.3 Å². The van der Waals surface area contributed by atoms with E-state index in [1.54, 1.807) is 27.7 Å². The van der Waals surface area contributed by atoms with E-state index in [1.807, 2.05) is 13.1 Å². The number of piperazine rings is 1. The van der Waals surface area contributed by atoms with E-state index in [4.69, 9.17) is 0 Å². The van der Waals surface area contributed by atoms with Crippen LogP contribution < -0.4 is 10.2 Å². The second-order valence-corrected chi connectivity index (χ2v) is 6.94. The Balaban J connectivity index is 1.53. The van der Waals surface area contributed by atoms with Crippen LogP contribution >= 0.6 is 11.3 Å². The van der Waals surface area contributed by atoms with Crippen molar-refractivity contribution >= 4 is 22.5 Å². The smallest absolute Gasteiger partial charge is 0.343 e. The second kappa shape index (κ2) is 7.09. The molecule has 2 aromatic heterocycles. The number of alkyl halides is 3. The molecule has 1 saturated heterocycles. The summed E-state index contributed by atoms with van der Waals surface area (Å²) in [6.45, 7) is 3.46. The maximum atomic E-state index is 12.6. The molecule has 0 aliphatic carbocycles. The molecule has 1 N–H and O–H groups in total. The molecule has 3 rings (SSSR count). The molecule has 0 radical (unpaired) electrons. The lowest BCUT2D eigenvalue weighted by molar-refractivity contribution is -0.138. The SMILES string of the molecule is CC(NC(=O)N1CCN(c2nnc(C(F)(F)F)s2)CC1)c1cnn(C)c1. The molecule has 3 heterocycles. The van der Waals surface area contributed by atoms with Crippen molar-refractivity contribution in [3.05, 3.63) is 23.0 Å². The molecule has 0 spiro atoms. The summed E-state index contributed by atoms with van der Waals surface area (Å²) in [6, 6.07) is -0.402. The number of nitrogens with zero attached hydrogens (tertiary/aromatic N) is 6. The number of rotatable bonds is 3. The summed E-state index contributed by atoms with van der Waals surface area (Å²) >= 11 is 0.517. The summed E-state index contributed by atoms with van der Waals surface area (Å²) in [5.74, 6) is 0. The molecular weight excluding hydrogens is 371 g/mol. The van der Waals surface area contributed by atoms with Crippen molar-refractivity contribution in [3.63, 3.8) is 0 Å². The first-order valence-corrected chi connectivity index (χ1v) is 8.75. The lowest BCUT2D eigenvalue weighted by atomic mass is 10.2. The highest BCUT2D eigenvalue weighted by atomic mass is 32.1. The van der Waals surface area contributed by atoms with E-state index >= 15 is 0 Å². The first-order valence-electron chi connectivity index (χ1n) is 7.93. The van der Waals surface area contributed by atoms with Gasteiger partial charge in [0.05, 0.1) is 12.2 Å². The number of hydrogen-bond acceptors (Lipinski definition) is 6. The molecule has 1 unspecified atom stereocenters. The number of urea groups is 1. The molecule has 26 heavy (non-hydrogen) atoms. The maximum Gasteiger partial charge on any atom is 0.445 e. The van der Waals surface area contributed by atoms with Gasteiger partial charge in [0, 0.05) is 45.0 Å². The zero-order chi connectivity index (χ0) is 18.9. The second-order valence-electron chi connectivity index (χ2n) is 5.98. The van der Waals surface area contributed by atoms with Gasteiger partial charge in [-0.05, 0) is 6.92 Å². The standard InChI is InChI=1S/C14H18F3N7OS/c1-9(10-7-18-22(2)8-10)19-12(25)23-3-5-24(6-4-23)13-21-20-11(26-13)14(15,16)17/h7-9H,3-6H2,1-2H3,(H,19,25). The number of carbonyl (C=O) groups is 1. The van der Waals surface area contributed by atoms with Crippen LogP contribution in [0.5, 0.6) is 0 Å². The Hall–Kier alpha value is -2.37. The molecule has 1 fully saturated rings. The highest BCUT2D eigenvalue weighted by Gasteiger charge is 2.36. The largest absolute Gasteiger partial charge is 0.445 e. The van der Waals surface area contributed by atoms with Crippen LogP contribution in [0.4, 0.5) is 23.1 Å². The average Bonchev–Trinajstić information content (AvgIpc) is 3.23. The van der Waals surface area contributed by atoms with Crippen molar-refractivity contribution in [2.45, 2.75) is 19.1 Å². The van der Waals surface area contributed by atoms with Crippen LogP contribution in [-0.4, -0.2) is 57.1 Å². The summed E-state index contributed by atoms with van der Waals surface area (Å²) < 4.78 is 39.5. The van der Waals surface area contributed by atoms with Crippen molar-refractivity contribution in [2.24, 2.45) is 7.05 Å². The summed E-state index contributed by atoms with van der Waals surface area (Å²) in [4.78, 5) is 15.7. The Morgan fingerprint density at radius 3 is 2.50 bits per heavy atom. The van der Waals surface area contributed by atoms with Gasteiger partial charge in [0.2, 0.25) is 10.1 Å². The summed E-state index contributed by atoms with van der Waals surface area (Å²) in [7, 11) is 1.80. The van der Waals surface area contributed by atoms with Crippen molar-refractivity contribution in [2.75, 3.05) is 31.1 Å². The van der Waals surface area contributed by atoms with Crippen molar-refractivity contribution in [1.29, 1.82) is 0 Å². The fraction of sp³-hybridized carbons (Fsp3) is 0.571. The quantitative estimate of drug-likeness (QED) is 0.867. The average molecular weight is 389 g/mol. The monoisotopic (exact) mass is 389 g/mol. The number of nitrogens with one attached hydrogen (secondary N) is 1. The Morgan fingerprint density at radius 1 is 1.27 bits per heavy atom. The zero-order valence-corrected chi connectivity index (χ0v) is 15.0. The number of aryl methyl sites for hydroxylation is 1. The zero-order valence-electron chi connectivity index (χ0n) is 14.2. The van der Waals surface area contributed by atoms with E-state index in [0.717, 1.165) is 5.56 Å². The maximum absolute atomic E-state index is 12.6. The number of aromatic nitrogens is 4. The Kier molecular flexibility index (Phi) is 5.03. The van der Waals surface area contributed by atoms with Crippen molar-refractivity contribution in [1.82, 2.24) is 30.2 Å². The van der Waals surface area contributed by atoms with Gasteiger partial charge in [0.1, 0.15) is 0 Å². The molecule has 1 aliphatic rings. The third-order valence-corrected chi connectivity index (χ3v) is 5.09. The Bertz CT molecular complexity index is 767. The molecular formula is C14H18F3N7OS. The van der Waals surface area contributed by atoms with Crippen molar-refractivity contribution in [3.8, 4) is 0 Å². The molecule has 0 aromatic carbocycles. The van der Waals surface area contributed by atoms with Crippen LogP contribution in [0.1, 0.15) is 23.5 Å². The van der Waals surface area contributed by atoms with Gasteiger partial charge in [-0.2, -0.15) is 18.3 Å². The molecule has 2 amide bonds. The van der Waals surface area contributed by atoms with E-state index in [0.29, 0.717) is 37.5 Å². The molecule has 12 heteroatoms. The van der Waals surface area contributed by atoms with E-state index in [9.17, 15) is 18.0 Å². The Labute approximate surface area is 151 Å². The van der Waals surface area contributed by atoms with Gasteiger partial charge < -0.3 is 15.1 Å². The lowest BCUT2D eigenvalue weighted by Gasteiger charge is -2.34. The molecule has 142 valence electrons. The first kappa shape index (κ1) is 18.4. The molecule has 0 bridgehead atoms. The highest BCUT2D eigenvalue weighted by Crippen LogP contribution is 2.34. The lowest BCUT2D eigenvalue weighted by Crippen LogP contribution is -2.52. The van der Waals surface area contributed by atoms with Crippen LogP contribution in [0, 0.1) is 0 Å². The number of carbonyl (C=O) groups excluding carboxylic acids is 1. The summed E-state index contributed by atoms with van der Waals surface area (Å²) in [6.07, 6.45) is -0.965. The van der Waals surface area contributed by atoms with Crippen LogP contribution in [0.2, 0.25) is 0 Å². The number of hydrogen-bond donors (Lipinski definition) is 1. The van der Waals surface area contributed by atoms with Gasteiger partial charge >= 0.3 is 12.2 Å². The minimum absolute atomic E-state index is 0.188. The van der Waals surface area contributed by atoms with E-state index in [-0.39, 0.29) is 17.2 Å². The molecule has 1 atom stereocenters. The van der Waals surface area contributed by atoms with Crippen LogP contribution in [0.25, 0.3) is 0 Å². The molecule has 0 saturated carbocycles. The van der Waals surface area contributed by atoms with Crippen LogP contribution in [0.15, 0.2) is 12.4 Å². The topological polar surface area (TPSA) is 79.2 Å². The summed E-state index contributed by atoms with van der Waals surface area (Å²) in [5.41, 5.74) is 0.896. The fourth-order valence-electron chi connectivity index (χ4n) is 2.58. The van der Waals surface area contributed by atoms with Gasteiger partial charge in [-0.3, -0.25) is 4.68 Å². The highest BCUT2D eigenvalue weighted by molar-refractivity contribution is 7.15. The number of halogens is 3. The molecule has 8 nitrogen and oxygen atoms in total. The summed E-state index contributed by atoms with van der Waals surface area (Å²) in [5, 5.41) is 13.0. The molecule has 2 aromatic rings. The molecule has 1 aliphatic heterocycles. The minimum atomic E-state index is -4.49. The van der Waals surface area contributed by atoms with E-state index in [1.165, 1.54) is 0 Å². The van der Waals surface area contributed by atoms with E-state index < -0.39 is 11.2 Å². The van der Waals surface area contributed by atoms with Gasteiger partial charge in [0.15, 0.2) is 0 Å². The minimum Gasteiger partial charge on any atom is -0.343 e. The van der Waals surface area contributed by atoms with Crippen LogP contribution in [0.3, 0.4) is 0 Å². The van der Waals surface area contributed by atoms with Gasteiger partial charge in [-0.25, -0.2) is 4.79 Å². The van der Waals surface area contributed by atoms with E-state index in [2.05, 4.69) is 20.6 Å². The van der Waals surface area contributed by atoms with Gasteiger partial charge in [0.25, 0.3) is 0 Å². The number of amides is 2. The predicted molar refractivity (Wildman–Crippen MR) is 88.9 cm³/mol. The third-order valence-electron chi connectivity index (χ3n) is 4.06. The van der Waals surface area contributed by atoms with Crippen LogP contribution in [-0.2, 0) is 13.2 Å². The van der Waals surface area contributed by atoms with Crippen molar-refractivity contribution < 1.29 is 18.0 Å². The predicted octanol–water partition coefficient (Wildman–Crippen LogP) is 1.88. The Morgan fingerprint density at radius 2 is 1.96 bits per heavy atom. The first-order chi connectivity index (χ1) is 12.2. The number of anilines is 1. The van der Waals surface area contributed by atoms with Gasteiger partial charge in [-0.15, -0.1) is 10.2 Å². The normalized spacial score (nSPS) is 16.7. The third kappa shape index (κ3) is 4.06. The fourth-order valence-corrected chi connectivity index (χ4v) is 3.35.